The summed E-state index contributed by atoms with van der Waals surface area (Å²) in [5.74, 6) is 0.0742. The van der Waals surface area contributed by atoms with Crippen LogP contribution in [-0.4, -0.2) is 17.8 Å². The molecule has 1 fully saturated rings. The van der Waals surface area contributed by atoms with Crippen LogP contribution in [0.25, 0.3) is 0 Å². The third-order valence-electron chi connectivity index (χ3n) is 3.09. The number of rotatable bonds is 1. The Labute approximate surface area is 89.1 Å². The molecule has 0 bridgehead atoms. The summed E-state index contributed by atoms with van der Waals surface area (Å²) in [7, 11) is 0. The molecule has 15 heavy (non-hydrogen) atoms. The van der Waals surface area contributed by atoms with Crippen LogP contribution in [0.3, 0.4) is 0 Å². The van der Waals surface area contributed by atoms with Gasteiger partial charge in [-0.15, -0.1) is 0 Å². The zero-order valence-electron chi connectivity index (χ0n) is 8.78. The number of hydrogen-bond donors (Lipinski definition) is 2. The maximum atomic E-state index is 12.7. The van der Waals surface area contributed by atoms with Crippen molar-refractivity contribution in [2.45, 2.75) is 25.5 Å². The highest BCUT2D eigenvalue weighted by Crippen LogP contribution is 2.25. The lowest BCUT2D eigenvalue weighted by molar-refractivity contribution is 0.0689. The summed E-state index contributed by atoms with van der Waals surface area (Å²) in [6.45, 7) is 2.84. The van der Waals surface area contributed by atoms with E-state index in [2.05, 4.69) is 5.32 Å². The highest BCUT2D eigenvalue weighted by molar-refractivity contribution is 5.20. The number of aliphatic hydroxyl groups excluding tert-OH is 1. The van der Waals surface area contributed by atoms with Gasteiger partial charge in [0.25, 0.3) is 0 Å². The maximum Gasteiger partial charge on any atom is 0.123 e. The second kappa shape index (κ2) is 4.29. The van der Waals surface area contributed by atoms with Crippen molar-refractivity contribution in [2.75, 3.05) is 6.54 Å². The molecule has 1 heterocycles. The molecule has 0 saturated carbocycles. The van der Waals surface area contributed by atoms with Gasteiger partial charge in [-0.25, -0.2) is 4.39 Å². The van der Waals surface area contributed by atoms with Gasteiger partial charge in [0.05, 0.1) is 6.10 Å². The average molecular weight is 209 g/mol. The van der Waals surface area contributed by atoms with Crippen LogP contribution in [0.15, 0.2) is 24.3 Å². The van der Waals surface area contributed by atoms with Crippen LogP contribution in [0.1, 0.15) is 24.9 Å². The monoisotopic (exact) mass is 209 g/mol. The molecule has 0 radical (unpaired) electrons. The first-order chi connectivity index (χ1) is 7.16. The third kappa shape index (κ3) is 2.36. The second-order valence-corrected chi connectivity index (χ2v) is 4.29. The van der Waals surface area contributed by atoms with E-state index in [-0.39, 0.29) is 18.0 Å². The standard InChI is InChI=1S/C12H16FNO/c1-8-7-14-11(6-12(8)15)9-2-4-10(13)5-3-9/h2-5,8,11-12,14-15H,6-7H2,1H3/t8-,11-,12?/m1/s1. The summed E-state index contributed by atoms with van der Waals surface area (Å²) in [4.78, 5) is 0. The quantitative estimate of drug-likeness (QED) is 0.740. The van der Waals surface area contributed by atoms with Crippen molar-refractivity contribution in [1.82, 2.24) is 5.32 Å². The van der Waals surface area contributed by atoms with Gasteiger partial charge in [-0.3, -0.25) is 0 Å². The van der Waals surface area contributed by atoms with Crippen LogP contribution in [-0.2, 0) is 0 Å². The van der Waals surface area contributed by atoms with Crippen molar-refractivity contribution < 1.29 is 9.50 Å². The molecule has 2 rings (SSSR count). The minimum Gasteiger partial charge on any atom is -0.393 e. The zero-order chi connectivity index (χ0) is 10.8. The molecule has 82 valence electrons. The fourth-order valence-electron chi connectivity index (χ4n) is 1.97. The Morgan fingerprint density at radius 1 is 1.33 bits per heavy atom. The van der Waals surface area contributed by atoms with Crippen LogP contribution in [0.4, 0.5) is 4.39 Å². The van der Waals surface area contributed by atoms with Gasteiger partial charge in [0, 0.05) is 12.6 Å². The largest absolute Gasteiger partial charge is 0.393 e. The van der Waals surface area contributed by atoms with Crippen molar-refractivity contribution >= 4 is 0 Å². The highest BCUT2D eigenvalue weighted by Gasteiger charge is 2.26. The van der Waals surface area contributed by atoms with E-state index in [1.807, 2.05) is 6.92 Å². The minimum atomic E-state index is -0.263. The van der Waals surface area contributed by atoms with Crippen molar-refractivity contribution in [1.29, 1.82) is 0 Å². The van der Waals surface area contributed by atoms with Crippen LogP contribution in [0, 0.1) is 11.7 Å². The molecule has 0 spiro atoms. The highest BCUT2D eigenvalue weighted by atomic mass is 19.1. The molecule has 2 nitrogen and oxygen atoms in total. The fraction of sp³-hybridized carbons (Fsp3) is 0.500. The molecule has 0 aromatic heterocycles. The summed E-state index contributed by atoms with van der Waals surface area (Å²) in [6.07, 6.45) is 0.439. The Bertz CT molecular complexity index is 325. The predicted octanol–water partition coefficient (Wildman–Crippen LogP) is 1.86. The van der Waals surface area contributed by atoms with E-state index >= 15 is 0 Å². The summed E-state index contributed by atoms with van der Waals surface area (Å²) in [6, 6.07) is 6.62. The Morgan fingerprint density at radius 3 is 2.60 bits per heavy atom. The molecule has 1 aliphatic heterocycles. The molecular weight excluding hydrogens is 193 g/mol. The van der Waals surface area contributed by atoms with E-state index < -0.39 is 0 Å². The molecule has 0 aliphatic carbocycles. The molecule has 2 N–H and O–H groups in total. The van der Waals surface area contributed by atoms with Crippen molar-refractivity contribution in [3.05, 3.63) is 35.6 Å². The van der Waals surface area contributed by atoms with Gasteiger partial charge in [0.2, 0.25) is 0 Å². The molecular formula is C12H16FNO. The van der Waals surface area contributed by atoms with E-state index in [0.717, 1.165) is 12.1 Å². The molecule has 1 saturated heterocycles. The topological polar surface area (TPSA) is 32.3 Å². The van der Waals surface area contributed by atoms with Crippen molar-refractivity contribution in [3.63, 3.8) is 0 Å². The summed E-state index contributed by atoms with van der Waals surface area (Å²) in [5.41, 5.74) is 1.04. The summed E-state index contributed by atoms with van der Waals surface area (Å²) in [5, 5.41) is 13.1. The number of hydrogen-bond acceptors (Lipinski definition) is 2. The SMILES string of the molecule is C[C@@H]1CN[C@@H](c2ccc(F)cc2)CC1O. The lowest BCUT2D eigenvalue weighted by Gasteiger charge is -2.32. The molecule has 1 unspecified atom stereocenters. The third-order valence-corrected chi connectivity index (χ3v) is 3.09. The van der Waals surface area contributed by atoms with Crippen molar-refractivity contribution in [3.8, 4) is 0 Å². The number of benzene rings is 1. The molecule has 3 heteroatoms. The van der Waals surface area contributed by atoms with Crippen LogP contribution < -0.4 is 5.32 Å². The van der Waals surface area contributed by atoms with E-state index in [4.69, 9.17) is 0 Å². The smallest absolute Gasteiger partial charge is 0.123 e. The molecule has 0 amide bonds. The Morgan fingerprint density at radius 2 is 2.00 bits per heavy atom. The first-order valence-corrected chi connectivity index (χ1v) is 5.33. The predicted molar refractivity (Wildman–Crippen MR) is 56.9 cm³/mol. The van der Waals surface area contributed by atoms with E-state index in [9.17, 15) is 9.50 Å². The number of halogens is 1. The minimum absolute atomic E-state index is 0.150. The Balaban J connectivity index is 2.08. The van der Waals surface area contributed by atoms with E-state index in [1.165, 1.54) is 12.1 Å². The van der Waals surface area contributed by atoms with E-state index in [1.54, 1.807) is 12.1 Å². The van der Waals surface area contributed by atoms with Crippen LogP contribution >= 0.6 is 0 Å². The van der Waals surface area contributed by atoms with Gasteiger partial charge >= 0.3 is 0 Å². The van der Waals surface area contributed by atoms with Gasteiger partial charge < -0.3 is 10.4 Å². The lowest BCUT2D eigenvalue weighted by atomic mass is 9.89. The Kier molecular flexibility index (Phi) is 3.03. The first-order valence-electron chi connectivity index (χ1n) is 5.33. The number of nitrogens with one attached hydrogen (secondary N) is 1. The number of piperidine rings is 1. The van der Waals surface area contributed by atoms with Gasteiger partial charge in [0.1, 0.15) is 5.82 Å². The molecule has 1 aromatic carbocycles. The van der Waals surface area contributed by atoms with Gasteiger partial charge in [-0.05, 0) is 30.0 Å². The molecule has 1 aliphatic rings. The molecule has 3 atom stereocenters. The summed E-state index contributed by atoms with van der Waals surface area (Å²) < 4.78 is 12.7. The first kappa shape index (κ1) is 10.6. The molecule has 1 aromatic rings. The van der Waals surface area contributed by atoms with Crippen LogP contribution in [0.2, 0.25) is 0 Å². The van der Waals surface area contributed by atoms with Crippen molar-refractivity contribution in [2.24, 2.45) is 5.92 Å². The Hall–Kier alpha value is -0.930. The van der Waals surface area contributed by atoms with Gasteiger partial charge in [-0.1, -0.05) is 19.1 Å². The van der Waals surface area contributed by atoms with Crippen LogP contribution in [0.5, 0.6) is 0 Å². The average Bonchev–Trinajstić information content (AvgIpc) is 2.23. The number of aliphatic hydroxyl groups is 1. The van der Waals surface area contributed by atoms with Gasteiger partial charge in [0.15, 0.2) is 0 Å². The maximum absolute atomic E-state index is 12.7. The second-order valence-electron chi connectivity index (χ2n) is 4.29. The summed E-state index contributed by atoms with van der Waals surface area (Å²) >= 11 is 0. The van der Waals surface area contributed by atoms with Gasteiger partial charge in [-0.2, -0.15) is 0 Å². The fourth-order valence-corrected chi connectivity index (χ4v) is 1.97. The lowest BCUT2D eigenvalue weighted by Crippen LogP contribution is -2.40. The van der Waals surface area contributed by atoms with E-state index in [0.29, 0.717) is 12.3 Å². The zero-order valence-corrected chi connectivity index (χ0v) is 8.78. The normalized spacial score (nSPS) is 31.5.